The van der Waals surface area contributed by atoms with Gasteiger partial charge in [0.25, 0.3) is 0 Å². The Labute approximate surface area is 135 Å². The van der Waals surface area contributed by atoms with E-state index in [0.717, 1.165) is 50.9 Å². The summed E-state index contributed by atoms with van der Waals surface area (Å²) in [6.45, 7) is 5.61. The second kappa shape index (κ2) is 8.14. The lowest BCUT2D eigenvalue weighted by Gasteiger charge is -2.34. The molecule has 3 rings (SSSR count). The SMILES string of the molecule is O=C(CCC1CCCC1)N1CC[NH+](C[C@H]2CC=CCC2)CC1. The van der Waals surface area contributed by atoms with Gasteiger partial charge in [-0.25, -0.2) is 0 Å². The van der Waals surface area contributed by atoms with Crippen LogP contribution in [0.1, 0.15) is 57.8 Å². The maximum atomic E-state index is 12.4. The zero-order valence-corrected chi connectivity index (χ0v) is 14.1. The van der Waals surface area contributed by atoms with Gasteiger partial charge in [0.1, 0.15) is 0 Å². The summed E-state index contributed by atoms with van der Waals surface area (Å²) in [5.74, 6) is 2.14. The summed E-state index contributed by atoms with van der Waals surface area (Å²) in [6.07, 6.45) is 16.0. The van der Waals surface area contributed by atoms with E-state index in [1.165, 1.54) is 51.5 Å². The number of allylic oxidation sites excluding steroid dienone is 2. The molecule has 1 aliphatic heterocycles. The molecule has 1 heterocycles. The molecule has 2 fully saturated rings. The highest BCUT2D eigenvalue weighted by molar-refractivity contribution is 5.76. The Kier molecular flexibility index (Phi) is 5.94. The molecule has 3 aliphatic rings. The van der Waals surface area contributed by atoms with Crippen LogP contribution in [0.3, 0.4) is 0 Å². The van der Waals surface area contributed by atoms with Crippen molar-refractivity contribution in [3.63, 3.8) is 0 Å². The summed E-state index contributed by atoms with van der Waals surface area (Å²) in [4.78, 5) is 16.2. The van der Waals surface area contributed by atoms with Crippen LogP contribution in [0.4, 0.5) is 0 Å². The van der Waals surface area contributed by atoms with E-state index < -0.39 is 0 Å². The maximum absolute atomic E-state index is 12.4. The molecule has 0 bridgehead atoms. The smallest absolute Gasteiger partial charge is 0.222 e. The highest BCUT2D eigenvalue weighted by Gasteiger charge is 2.26. The van der Waals surface area contributed by atoms with Crippen molar-refractivity contribution in [2.45, 2.75) is 57.8 Å². The van der Waals surface area contributed by atoms with E-state index in [0.29, 0.717) is 5.91 Å². The lowest BCUT2D eigenvalue weighted by Crippen LogP contribution is -3.15. The zero-order chi connectivity index (χ0) is 15.2. The molecule has 22 heavy (non-hydrogen) atoms. The Hall–Kier alpha value is -0.830. The average Bonchev–Trinajstić information content (AvgIpc) is 3.08. The van der Waals surface area contributed by atoms with Gasteiger partial charge < -0.3 is 9.80 Å². The molecule has 0 aromatic carbocycles. The molecule has 0 spiro atoms. The molecule has 0 unspecified atom stereocenters. The summed E-state index contributed by atoms with van der Waals surface area (Å²) >= 11 is 0. The van der Waals surface area contributed by atoms with Gasteiger partial charge >= 0.3 is 0 Å². The van der Waals surface area contributed by atoms with Gasteiger partial charge in [-0.1, -0.05) is 37.8 Å². The second-order valence-electron chi connectivity index (χ2n) is 7.67. The Bertz CT molecular complexity index is 379. The number of piperazine rings is 1. The number of rotatable bonds is 5. The van der Waals surface area contributed by atoms with Crippen LogP contribution in [-0.2, 0) is 4.79 Å². The molecule has 3 nitrogen and oxygen atoms in total. The predicted octanol–water partition coefficient (Wildman–Crippen LogP) is 2.04. The standard InChI is InChI=1S/C19H32N2O/c22-19(11-10-17-6-4-5-7-17)21-14-12-20(13-15-21)16-18-8-2-1-3-9-18/h1-2,17-18H,3-16H2/p+1/t18-/m0/s1. The van der Waals surface area contributed by atoms with Crippen molar-refractivity contribution in [1.29, 1.82) is 0 Å². The van der Waals surface area contributed by atoms with Crippen LogP contribution in [0.15, 0.2) is 12.2 Å². The minimum atomic E-state index is 0.423. The fraction of sp³-hybridized carbons (Fsp3) is 0.842. The third-order valence-corrected chi connectivity index (χ3v) is 6.02. The van der Waals surface area contributed by atoms with E-state index in [4.69, 9.17) is 0 Å². The van der Waals surface area contributed by atoms with E-state index in [2.05, 4.69) is 17.1 Å². The van der Waals surface area contributed by atoms with Crippen molar-refractivity contribution >= 4 is 5.91 Å². The third-order valence-electron chi connectivity index (χ3n) is 6.02. The van der Waals surface area contributed by atoms with Crippen LogP contribution in [0, 0.1) is 11.8 Å². The van der Waals surface area contributed by atoms with Crippen LogP contribution >= 0.6 is 0 Å². The van der Waals surface area contributed by atoms with E-state index >= 15 is 0 Å². The zero-order valence-electron chi connectivity index (χ0n) is 14.1. The number of nitrogens with zero attached hydrogens (tertiary/aromatic N) is 1. The molecule has 1 atom stereocenters. The summed E-state index contributed by atoms with van der Waals surface area (Å²) in [7, 11) is 0. The van der Waals surface area contributed by atoms with Gasteiger partial charge in [-0.05, 0) is 31.6 Å². The minimum Gasteiger partial charge on any atom is -0.332 e. The van der Waals surface area contributed by atoms with Crippen LogP contribution in [0.5, 0.6) is 0 Å². The van der Waals surface area contributed by atoms with Gasteiger partial charge in [0.2, 0.25) is 5.91 Å². The van der Waals surface area contributed by atoms with Crippen molar-refractivity contribution in [2.75, 3.05) is 32.7 Å². The normalized spacial score (nSPS) is 27.5. The van der Waals surface area contributed by atoms with Crippen molar-refractivity contribution in [2.24, 2.45) is 11.8 Å². The molecule has 1 N–H and O–H groups in total. The van der Waals surface area contributed by atoms with Gasteiger partial charge in [-0.15, -0.1) is 0 Å². The molecule has 0 radical (unpaired) electrons. The third kappa shape index (κ3) is 4.58. The summed E-state index contributed by atoms with van der Waals surface area (Å²) in [6, 6.07) is 0. The van der Waals surface area contributed by atoms with Crippen molar-refractivity contribution in [3.05, 3.63) is 12.2 Å². The molecule has 1 saturated carbocycles. The largest absolute Gasteiger partial charge is 0.332 e. The fourth-order valence-corrected chi connectivity index (χ4v) is 4.51. The van der Waals surface area contributed by atoms with Crippen LogP contribution in [0.2, 0.25) is 0 Å². The molecule has 1 amide bonds. The monoisotopic (exact) mass is 305 g/mol. The van der Waals surface area contributed by atoms with Crippen molar-refractivity contribution < 1.29 is 9.69 Å². The van der Waals surface area contributed by atoms with Crippen LogP contribution in [-0.4, -0.2) is 43.5 Å². The van der Waals surface area contributed by atoms with Gasteiger partial charge in [0, 0.05) is 12.3 Å². The average molecular weight is 305 g/mol. The lowest BCUT2D eigenvalue weighted by atomic mass is 9.94. The molecule has 0 aromatic rings. The number of amides is 1. The Morgan fingerprint density at radius 1 is 1.05 bits per heavy atom. The molecular weight excluding hydrogens is 272 g/mol. The van der Waals surface area contributed by atoms with E-state index in [9.17, 15) is 4.79 Å². The van der Waals surface area contributed by atoms with Crippen molar-refractivity contribution in [3.8, 4) is 0 Å². The van der Waals surface area contributed by atoms with Gasteiger partial charge in [-0.3, -0.25) is 4.79 Å². The molecular formula is C19H33N2O+. The first-order valence-electron chi connectivity index (χ1n) is 9.57. The quantitative estimate of drug-likeness (QED) is 0.773. The molecule has 124 valence electrons. The van der Waals surface area contributed by atoms with Gasteiger partial charge in [0.05, 0.1) is 32.7 Å². The maximum Gasteiger partial charge on any atom is 0.222 e. The first-order valence-corrected chi connectivity index (χ1v) is 9.57. The predicted molar refractivity (Wildman–Crippen MR) is 89.8 cm³/mol. The highest BCUT2D eigenvalue weighted by Crippen LogP contribution is 2.28. The van der Waals surface area contributed by atoms with E-state index in [-0.39, 0.29) is 0 Å². The van der Waals surface area contributed by atoms with E-state index in [1.807, 2.05) is 0 Å². The van der Waals surface area contributed by atoms with Gasteiger partial charge in [-0.2, -0.15) is 0 Å². The summed E-state index contributed by atoms with van der Waals surface area (Å²) < 4.78 is 0. The van der Waals surface area contributed by atoms with Gasteiger partial charge in [0.15, 0.2) is 0 Å². The first-order chi connectivity index (χ1) is 10.8. The van der Waals surface area contributed by atoms with E-state index in [1.54, 1.807) is 4.90 Å². The number of quaternary nitrogens is 1. The van der Waals surface area contributed by atoms with Crippen molar-refractivity contribution in [1.82, 2.24) is 4.90 Å². The lowest BCUT2D eigenvalue weighted by molar-refractivity contribution is -0.907. The number of hydrogen-bond donors (Lipinski definition) is 1. The topological polar surface area (TPSA) is 24.8 Å². The Morgan fingerprint density at radius 2 is 1.82 bits per heavy atom. The Balaban J connectivity index is 1.33. The van der Waals surface area contributed by atoms with Crippen LogP contribution in [0.25, 0.3) is 0 Å². The molecule has 3 heteroatoms. The molecule has 2 aliphatic carbocycles. The fourth-order valence-electron chi connectivity index (χ4n) is 4.51. The number of hydrogen-bond acceptors (Lipinski definition) is 1. The Morgan fingerprint density at radius 3 is 2.50 bits per heavy atom. The number of carbonyl (C=O) groups is 1. The summed E-state index contributed by atoms with van der Waals surface area (Å²) in [5.41, 5.74) is 0. The number of carbonyl (C=O) groups excluding carboxylic acids is 1. The summed E-state index contributed by atoms with van der Waals surface area (Å²) in [5, 5.41) is 0. The van der Waals surface area contributed by atoms with Crippen LogP contribution < -0.4 is 4.90 Å². The minimum absolute atomic E-state index is 0.423. The highest BCUT2D eigenvalue weighted by atomic mass is 16.2. The molecule has 1 saturated heterocycles. The molecule has 0 aromatic heterocycles. The first kappa shape index (κ1) is 16.0. The second-order valence-corrected chi connectivity index (χ2v) is 7.67. The number of nitrogens with one attached hydrogen (secondary N) is 1.